The Bertz CT molecular complexity index is 366. The minimum absolute atomic E-state index is 0.116. The fraction of sp³-hybridized carbons (Fsp3) is 0.750. The summed E-state index contributed by atoms with van der Waals surface area (Å²) < 4.78 is 0. The minimum atomic E-state index is 0.116. The lowest BCUT2D eigenvalue weighted by molar-refractivity contribution is 0.119. The number of thiazole rings is 1. The monoisotopic (exact) mass is 254 g/mol. The molecule has 5 heteroatoms. The molecule has 1 aromatic rings. The molecule has 1 fully saturated rings. The van der Waals surface area contributed by atoms with Crippen LogP contribution < -0.4 is 10.6 Å². The van der Waals surface area contributed by atoms with E-state index in [0.29, 0.717) is 6.54 Å². The molecular weight excluding hydrogens is 232 g/mol. The highest BCUT2D eigenvalue weighted by Gasteiger charge is 2.29. The lowest BCUT2D eigenvalue weighted by Crippen LogP contribution is -2.57. The van der Waals surface area contributed by atoms with Crippen LogP contribution in [0.2, 0.25) is 0 Å². The Morgan fingerprint density at radius 1 is 1.35 bits per heavy atom. The number of nitrogens with two attached hydrogens (primary N) is 1. The van der Waals surface area contributed by atoms with Crippen molar-refractivity contribution in [2.45, 2.75) is 26.3 Å². The summed E-state index contributed by atoms with van der Waals surface area (Å²) in [6, 6.07) is 0. The molecule has 17 heavy (non-hydrogen) atoms. The second kappa shape index (κ2) is 4.92. The van der Waals surface area contributed by atoms with Crippen molar-refractivity contribution < 1.29 is 0 Å². The van der Waals surface area contributed by atoms with Crippen LogP contribution in [0.3, 0.4) is 0 Å². The maximum absolute atomic E-state index is 5.82. The molecule has 0 aliphatic carbocycles. The van der Waals surface area contributed by atoms with Crippen molar-refractivity contribution in [3.63, 3.8) is 0 Å². The van der Waals surface area contributed by atoms with Crippen LogP contribution in [-0.4, -0.2) is 48.1 Å². The van der Waals surface area contributed by atoms with Gasteiger partial charge in [-0.2, -0.15) is 0 Å². The van der Waals surface area contributed by atoms with Crippen molar-refractivity contribution in [1.29, 1.82) is 0 Å². The maximum atomic E-state index is 5.82. The highest BCUT2D eigenvalue weighted by Crippen LogP contribution is 2.23. The van der Waals surface area contributed by atoms with Crippen LogP contribution in [0.25, 0.3) is 0 Å². The third-order valence-corrected chi connectivity index (χ3v) is 4.53. The summed E-state index contributed by atoms with van der Waals surface area (Å²) in [7, 11) is 0. The van der Waals surface area contributed by atoms with Crippen molar-refractivity contribution >= 4 is 16.5 Å². The van der Waals surface area contributed by atoms with Gasteiger partial charge in [0.2, 0.25) is 0 Å². The average molecular weight is 254 g/mol. The van der Waals surface area contributed by atoms with E-state index in [1.54, 1.807) is 11.3 Å². The van der Waals surface area contributed by atoms with Gasteiger partial charge in [0.25, 0.3) is 0 Å². The first kappa shape index (κ1) is 12.8. The van der Waals surface area contributed by atoms with Gasteiger partial charge in [0.05, 0.1) is 5.69 Å². The second-order valence-electron chi connectivity index (χ2n) is 5.26. The van der Waals surface area contributed by atoms with Gasteiger partial charge < -0.3 is 10.6 Å². The Morgan fingerprint density at radius 2 is 2.00 bits per heavy atom. The van der Waals surface area contributed by atoms with Gasteiger partial charge in [-0.25, -0.2) is 4.98 Å². The molecule has 1 aliphatic heterocycles. The van der Waals surface area contributed by atoms with E-state index in [1.165, 1.54) is 0 Å². The smallest absolute Gasteiger partial charge is 0.185 e. The molecule has 2 N–H and O–H groups in total. The standard InChI is InChI=1S/C12H22N4S/c1-10-8-17-11(14-10)15-4-6-16(7-5-15)12(2,3)9-13/h8H,4-7,9,13H2,1-3H3. The van der Waals surface area contributed by atoms with E-state index in [2.05, 4.69) is 34.0 Å². The molecule has 0 atom stereocenters. The molecule has 1 aliphatic rings. The van der Waals surface area contributed by atoms with Crippen LogP contribution >= 0.6 is 11.3 Å². The Kier molecular flexibility index (Phi) is 3.70. The summed E-state index contributed by atoms with van der Waals surface area (Å²) in [5, 5.41) is 3.28. The topological polar surface area (TPSA) is 45.4 Å². The van der Waals surface area contributed by atoms with Gasteiger partial charge in [-0.1, -0.05) is 0 Å². The summed E-state index contributed by atoms with van der Waals surface area (Å²) in [6.07, 6.45) is 0. The zero-order valence-electron chi connectivity index (χ0n) is 10.9. The molecule has 0 saturated carbocycles. The fourth-order valence-corrected chi connectivity index (χ4v) is 2.98. The second-order valence-corrected chi connectivity index (χ2v) is 6.10. The molecule has 0 bridgehead atoms. The number of rotatable bonds is 3. The summed E-state index contributed by atoms with van der Waals surface area (Å²) in [6.45, 7) is 11.4. The van der Waals surface area contributed by atoms with Crippen LogP contribution in [0.5, 0.6) is 0 Å². The molecule has 2 heterocycles. The highest BCUT2D eigenvalue weighted by atomic mass is 32.1. The first-order valence-electron chi connectivity index (χ1n) is 6.15. The van der Waals surface area contributed by atoms with Gasteiger partial charge in [-0.3, -0.25) is 4.90 Å². The summed E-state index contributed by atoms with van der Waals surface area (Å²) in [4.78, 5) is 9.39. The van der Waals surface area contributed by atoms with Gasteiger partial charge in [0.15, 0.2) is 5.13 Å². The Labute approximate surface area is 107 Å². The van der Waals surface area contributed by atoms with Gasteiger partial charge in [0, 0.05) is 43.6 Å². The summed E-state index contributed by atoms with van der Waals surface area (Å²) in [5.74, 6) is 0. The molecule has 0 aromatic carbocycles. The lowest BCUT2D eigenvalue weighted by Gasteiger charge is -2.43. The van der Waals surface area contributed by atoms with E-state index in [0.717, 1.165) is 37.0 Å². The number of piperazine rings is 1. The zero-order chi connectivity index (χ0) is 12.5. The Morgan fingerprint density at radius 3 is 2.47 bits per heavy atom. The summed E-state index contributed by atoms with van der Waals surface area (Å²) in [5.41, 5.74) is 7.06. The van der Waals surface area contributed by atoms with Crippen LogP contribution in [-0.2, 0) is 0 Å². The van der Waals surface area contributed by atoms with Crippen molar-refractivity contribution in [1.82, 2.24) is 9.88 Å². The van der Waals surface area contributed by atoms with E-state index in [4.69, 9.17) is 5.73 Å². The van der Waals surface area contributed by atoms with Crippen LogP contribution in [0, 0.1) is 6.92 Å². The molecule has 96 valence electrons. The largest absolute Gasteiger partial charge is 0.346 e. The number of hydrogen-bond donors (Lipinski definition) is 1. The van der Waals surface area contributed by atoms with Crippen LogP contribution in [0.4, 0.5) is 5.13 Å². The molecule has 2 rings (SSSR count). The van der Waals surface area contributed by atoms with Crippen molar-refractivity contribution in [2.75, 3.05) is 37.6 Å². The molecule has 0 spiro atoms. The predicted molar refractivity (Wildman–Crippen MR) is 73.8 cm³/mol. The van der Waals surface area contributed by atoms with Crippen molar-refractivity contribution in [2.24, 2.45) is 5.73 Å². The predicted octanol–water partition coefficient (Wildman–Crippen LogP) is 1.31. The molecule has 0 unspecified atom stereocenters. The van der Waals surface area contributed by atoms with E-state index in [1.807, 2.05) is 6.92 Å². The van der Waals surface area contributed by atoms with Gasteiger partial charge in [-0.15, -0.1) is 11.3 Å². The van der Waals surface area contributed by atoms with E-state index >= 15 is 0 Å². The molecule has 0 amide bonds. The molecule has 4 nitrogen and oxygen atoms in total. The van der Waals surface area contributed by atoms with E-state index < -0.39 is 0 Å². The van der Waals surface area contributed by atoms with Crippen molar-refractivity contribution in [3.8, 4) is 0 Å². The van der Waals surface area contributed by atoms with E-state index in [9.17, 15) is 0 Å². The number of anilines is 1. The third-order valence-electron chi connectivity index (χ3n) is 3.51. The molecule has 0 radical (unpaired) electrons. The quantitative estimate of drug-likeness (QED) is 0.883. The highest BCUT2D eigenvalue weighted by molar-refractivity contribution is 7.13. The number of aryl methyl sites for hydroxylation is 1. The number of hydrogen-bond acceptors (Lipinski definition) is 5. The number of nitrogens with zero attached hydrogens (tertiary/aromatic N) is 3. The average Bonchev–Trinajstić information content (AvgIpc) is 2.76. The SMILES string of the molecule is Cc1csc(N2CCN(C(C)(C)CN)CC2)n1. The van der Waals surface area contributed by atoms with E-state index in [-0.39, 0.29) is 5.54 Å². The first-order chi connectivity index (χ1) is 8.03. The normalized spacial score (nSPS) is 18.7. The summed E-state index contributed by atoms with van der Waals surface area (Å²) >= 11 is 1.74. The lowest BCUT2D eigenvalue weighted by atomic mass is 10.0. The van der Waals surface area contributed by atoms with Gasteiger partial charge in [-0.05, 0) is 20.8 Å². The van der Waals surface area contributed by atoms with Crippen molar-refractivity contribution in [3.05, 3.63) is 11.1 Å². The zero-order valence-corrected chi connectivity index (χ0v) is 11.8. The fourth-order valence-electron chi connectivity index (χ4n) is 2.12. The molecule has 1 saturated heterocycles. The number of aromatic nitrogens is 1. The Balaban J connectivity index is 1.94. The third kappa shape index (κ3) is 2.78. The Hall–Kier alpha value is -0.650. The van der Waals surface area contributed by atoms with Gasteiger partial charge in [0.1, 0.15) is 0 Å². The first-order valence-corrected chi connectivity index (χ1v) is 7.03. The van der Waals surface area contributed by atoms with Gasteiger partial charge >= 0.3 is 0 Å². The molecule has 1 aromatic heterocycles. The van der Waals surface area contributed by atoms with Crippen LogP contribution in [0.15, 0.2) is 5.38 Å². The minimum Gasteiger partial charge on any atom is -0.346 e. The van der Waals surface area contributed by atoms with Crippen LogP contribution in [0.1, 0.15) is 19.5 Å². The maximum Gasteiger partial charge on any atom is 0.185 e. The molecular formula is C12H22N4S.